The van der Waals surface area contributed by atoms with Crippen LogP contribution in [0.3, 0.4) is 0 Å². The van der Waals surface area contributed by atoms with Gasteiger partial charge in [-0.1, -0.05) is 6.07 Å². The van der Waals surface area contributed by atoms with E-state index in [2.05, 4.69) is 64.3 Å². The summed E-state index contributed by atoms with van der Waals surface area (Å²) in [7, 11) is 1.80. The zero-order valence-electron chi connectivity index (χ0n) is 18.1. The fourth-order valence-corrected chi connectivity index (χ4v) is 3.27. The molecule has 2 rings (SSSR count). The van der Waals surface area contributed by atoms with Crippen molar-refractivity contribution in [1.82, 2.24) is 30.1 Å². The summed E-state index contributed by atoms with van der Waals surface area (Å²) < 4.78 is 1.97. The normalized spacial score (nSPS) is 12.2. The van der Waals surface area contributed by atoms with Crippen molar-refractivity contribution >= 4 is 5.96 Å². The minimum Gasteiger partial charge on any atom is -0.356 e. The molecule has 2 aromatic heterocycles. The first-order valence-corrected chi connectivity index (χ1v) is 10.1. The van der Waals surface area contributed by atoms with Crippen molar-refractivity contribution in [2.75, 3.05) is 20.1 Å². The number of aryl methyl sites for hydroxylation is 1. The lowest BCUT2D eigenvalue weighted by Gasteiger charge is -2.30. The van der Waals surface area contributed by atoms with Gasteiger partial charge < -0.3 is 10.6 Å². The molecule has 0 aromatic carbocycles. The van der Waals surface area contributed by atoms with Crippen molar-refractivity contribution in [1.29, 1.82) is 0 Å². The third kappa shape index (κ3) is 6.34. The zero-order valence-corrected chi connectivity index (χ0v) is 18.1. The van der Waals surface area contributed by atoms with Gasteiger partial charge in [0.25, 0.3) is 0 Å². The molecule has 28 heavy (non-hydrogen) atoms. The third-order valence-electron chi connectivity index (χ3n) is 4.78. The number of imidazole rings is 1. The summed E-state index contributed by atoms with van der Waals surface area (Å²) in [5, 5.41) is 6.74. The lowest BCUT2D eigenvalue weighted by Crippen LogP contribution is -2.41. The topological polar surface area (TPSA) is 70.4 Å². The van der Waals surface area contributed by atoms with E-state index in [4.69, 9.17) is 0 Å². The Balaban J connectivity index is 1.77. The van der Waals surface area contributed by atoms with E-state index in [9.17, 15) is 0 Å². The Morgan fingerprint density at radius 2 is 1.89 bits per heavy atom. The van der Waals surface area contributed by atoms with Gasteiger partial charge in [0.05, 0.1) is 0 Å². The van der Waals surface area contributed by atoms with E-state index < -0.39 is 0 Å². The van der Waals surface area contributed by atoms with Crippen LogP contribution in [0.1, 0.15) is 45.5 Å². The number of aliphatic imine (C=N–C) groups is 1. The van der Waals surface area contributed by atoms with Gasteiger partial charge >= 0.3 is 0 Å². The third-order valence-corrected chi connectivity index (χ3v) is 4.78. The Morgan fingerprint density at radius 1 is 1.14 bits per heavy atom. The Morgan fingerprint density at radius 3 is 2.43 bits per heavy atom. The molecular formula is C21H35N7. The van der Waals surface area contributed by atoms with Gasteiger partial charge in [0, 0.05) is 57.4 Å². The minimum absolute atomic E-state index is 0.569. The van der Waals surface area contributed by atoms with E-state index in [1.807, 2.05) is 30.0 Å². The van der Waals surface area contributed by atoms with Crippen molar-refractivity contribution in [3.05, 3.63) is 42.1 Å². The Labute approximate surface area is 169 Å². The van der Waals surface area contributed by atoms with Crippen molar-refractivity contribution < 1.29 is 0 Å². The molecule has 154 valence electrons. The van der Waals surface area contributed by atoms with Crippen LogP contribution in [0.25, 0.3) is 5.82 Å². The predicted octanol–water partition coefficient (Wildman–Crippen LogP) is 2.75. The van der Waals surface area contributed by atoms with Crippen LogP contribution in [-0.2, 0) is 6.54 Å². The maximum absolute atomic E-state index is 4.53. The van der Waals surface area contributed by atoms with Crippen LogP contribution in [0.15, 0.2) is 35.7 Å². The monoisotopic (exact) mass is 385 g/mol. The predicted molar refractivity (Wildman–Crippen MR) is 116 cm³/mol. The van der Waals surface area contributed by atoms with Gasteiger partial charge in [-0.2, -0.15) is 0 Å². The number of aromatic nitrogens is 3. The second-order valence-electron chi connectivity index (χ2n) is 7.50. The Bertz CT molecular complexity index is 723. The maximum Gasteiger partial charge on any atom is 0.191 e. The molecule has 0 saturated heterocycles. The minimum atomic E-state index is 0.569. The first kappa shape index (κ1) is 21.9. The molecule has 0 bridgehead atoms. The fourth-order valence-electron chi connectivity index (χ4n) is 3.27. The van der Waals surface area contributed by atoms with Gasteiger partial charge in [-0.05, 0) is 52.7 Å². The molecule has 0 saturated carbocycles. The van der Waals surface area contributed by atoms with Crippen molar-refractivity contribution in [2.45, 2.75) is 59.7 Å². The first-order chi connectivity index (χ1) is 13.4. The molecule has 0 amide bonds. The number of hydrogen-bond acceptors (Lipinski definition) is 4. The average Bonchev–Trinajstić information content (AvgIpc) is 3.09. The van der Waals surface area contributed by atoms with Gasteiger partial charge in [-0.15, -0.1) is 0 Å². The van der Waals surface area contributed by atoms with Gasteiger partial charge in [0.2, 0.25) is 0 Å². The van der Waals surface area contributed by atoms with Gasteiger partial charge in [0.1, 0.15) is 11.6 Å². The van der Waals surface area contributed by atoms with Crippen LogP contribution in [0.4, 0.5) is 0 Å². The number of rotatable bonds is 9. The summed E-state index contributed by atoms with van der Waals surface area (Å²) in [5.74, 6) is 2.62. The van der Waals surface area contributed by atoms with E-state index in [1.165, 1.54) is 0 Å². The van der Waals surface area contributed by atoms with Crippen LogP contribution in [0.5, 0.6) is 0 Å². The number of hydrogen-bond donors (Lipinski definition) is 2. The molecule has 0 spiro atoms. The molecule has 0 unspecified atom stereocenters. The molecule has 0 aliphatic rings. The summed E-state index contributed by atoms with van der Waals surface area (Å²) in [6.07, 6.45) is 6.67. The number of nitrogens with one attached hydrogen (secondary N) is 2. The Hall–Kier alpha value is -2.41. The summed E-state index contributed by atoms with van der Waals surface area (Å²) >= 11 is 0. The van der Waals surface area contributed by atoms with E-state index in [-0.39, 0.29) is 0 Å². The molecule has 7 nitrogen and oxygen atoms in total. The summed E-state index contributed by atoms with van der Waals surface area (Å²) in [5.41, 5.74) is 1.11. The highest BCUT2D eigenvalue weighted by Crippen LogP contribution is 2.08. The van der Waals surface area contributed by atoms with Crippen LogP contribution >= 0.6 is 0 Å². The van der Waals surface area contributed by atoms with E-state index in [0.29, 0.717) is 18.6 Å². The van der Waals surface area contributed by atoms with Crippen molar-refractivity contribution in [3.8, 4) is 5.82 Å². The standard InChI is InChI=1S/C21H35N7/c1-16(2)27(17(3)4)12-7-10-24-21(22-6)26-15-19-8-9-20(25-14-19)28-13-11-23-18(28)5/h8-9,11,13-14,16-17H,7,10,12,15H2,1-6H3,(H2,22,24,26). The van der Waals surface area contributed by atoms with Crippen LogP contribution in [0, 0.1) is 6.92 Å². The molecule has 2 N–H and O–H groups in total. The number of pyridine rings is 1. The SMILES string of the molecule is CN=C(NCCCN(C(C)C)C(C)C)NCc1ccc(-n2ccnc2C)nc1. The van der Waals surface area contributed by atoms with Crippen molar-refractivity contribution in [3.63, 3.8) is 0 Å². The average molecular weight is 386 g/mol. The molecular weight excluding hydrogens is 350 g/mol. The summed E-state index contributed by atoms with van der Waals surface area (Å²) in [6, 6.07) is 5.22. The zero-order chi connectivity index (χ0) is 20.5. The van der Waals surface area contributed by atoms with Gasteiger partial charge in [-0.25, -0.2) is 9.97 Å². The largest absolute Gasteiger partial charge is 0.356 e. The molecule has 0 atom stereocenters. The van der Waals surface area contributed by atoms with Gasteiger partial charge in [-0.3, -0.25) is 14.5 Å². The van der Waals surface area contributed by atoms with E-state index in [1.54, 1.807) is 13.2 Å². The summed E-state index contributed by atoms with van der Waals surface area (Å²) in [6.45, 7) is 13.6. The van der Waals surface area contributed by atoms with Crippen molar-refractivity contribution in [2.24, 2.45) is 4.99 Å². The molecule has 7 heteroatoms. The van der Waals surface area contributed by atoms with Crippen LogP contribution in [-0.4, -0.2) is 57.6 Å². The molecule has 2 heterocycles. The number of guanidine groups is 1. The Kier molecular flexibility index (Phi) is 8.44. The molecule has 2 aromatic rings. The van der Waals surface area contributed by atoms with E-state index in [0.717, 1.165) is 42.7 Å². The maximum atomic E-state index is 4.53. The molecule has 0 aliphatic carbocycles. The van der Waals surface area contributed by atoms with E-state index >= 15 is 0 Å². The highest BCUT2D eigenvalue weighted by Gasteiger charge is 2.12. The second kappa shape index (κ2) is 10.8. The molecule has 0 radical (unpaired) electrons. The highest BCUT2D eigenvalue weighted by molar-refractivity contribution is 5.79. The van der Waals surface area contributed by atoms with Crippen LogP contribution < -0.4 is 10.6 Å². The molecule has 0 aliphatic heterocycles. The first-order valence-electron chi connectivity index (χ1n) is 10.1. The summed E-state index contributed by atoms with van der Waals surface area (Å²) in [4.78, 5) is 15.6. The quantitative estimate of drug-likeness (QED) is 0.395. The second-order valence-corrected chi connectivity index (χ2v) is 7.50. The number of nitrogens with zero attached hydrogens (tertiary/aromatic N) is 5. The van der Waals surface area contributed by atoms with Gasteiger partial charge in [0.15, 0.2) is 5.96 Å². The highest BCUT2D eigenvalue weighted by atomic mass is 15.2. The van der Waals surface area contributed by atoms with Crippen LogP contribution in [0.2, 0.25) is 0 Å². The lowest BCUT2D eigenvalue weighted by molar-refractivity contribution is 0.173. The molecule has 0 fully saturated rings. The smallest absolute Gasteiger partial charge is 0.191 e. The lowest BCUT2D eigenvalue weighted by atomic mass is 10.2. The fraction of sp³-hybridized carbons (Fsp3) is 0.571.